The normalized spacial score (nSPS) is 54.0. The number of aliphatic hydroxyl groups excluding tert-OH is 1. The van der Waals surface area contributed by atoms with Gasteiger partial charge < -0.3 is 19.3 Å². The summed E-state index contributed by atoms with van der Waals surface area (Å²) in [6, 6.07) is 0. The fraction of sp³-hybridized carbons (Fsp3) is 1.00. The highest BCUT2D eigenvalue weighted by molar-refractivity contribution is 4.98. The van der Waals surface area contributed by atoms with Crippen LogP contribution in [-0.4, -0.2) is 42.4 Å². The lowest BCUT2D eigenvalue weighted by Gasteiger charge is -2.51. The van der Waals surface area contributed by atoms with Crippen LogP contribution in [-0.2, 0) is 14.2 Å². The third-order valence-electron chi connectivity index (χ3n) is 3.49. The van der Waals surface area contributed by atoms with Gasteiger partial charge in [0, 0.05) is 5.92 Å². The second kappa shape index (κ2) is 3.45. The highest BCUT2D eigenvalue weighted by Crippen LogP contribution is 2.38. The van der Waals surface area contributed by atoms with E-state index in [9.17, 15) is 5.11 Å². The Hall–Kier alpha value is -0.160. The molecule has 0 bridgehead atoms. The van der Waals surface area contributed by atoms with Crippen molar-refractivity contribution in [2.24, 2.45) is 5.92 Å². The van der Waals surface area contributed by atoms with Gasteiger partial charge in [0.2, 0.25) is 0 Å². The quantitative estimate of drug-likeness (QED) is 0.622. The van der Waals surface area contributed by atoms with Gasteiger partial charge >= 0.3 is 0 Å². The second-order valence-corrected chi connectivity index (χ2v) is 4.38. The average Bonchev–Trinajstić information content (AvgIpc) is 2.13. The Labute approximate surface area is 84.1 Å². The molecule has 2 saturated heterocycles. The molecule has 2 aliphatic heterocycles. The second-order valence-electron chi connectivity index (χ2n) is 4.38. The topological polar surface area (TPSA) is 47.9 Å². The molecule has 5 atom stereocenters. The molecule has 0 aromatic heterocycles. The molecule has 14 heavy (non-hydrogen) atoms. The van der Waals surface area contributed by atoms with Crippen LogP contribution in [0.3, 0.4) is 0 Å². The Morgan fingerprint density at radius 1 is 1.21 bits per heavy atom. The van der Waals surface area contributed by atoms with E-state index in [1.807, 2.05) is 20.8 Å². The van der Waals surface area contributed by atoms with Crippen molar-refractivity contribution in [1.82, 2.24) is 0 Å². The molecule has 0 radical (unpaired) electrons. The summed E-state index contributed by atoms with van der Waals surface area (Å²) in [4.78, 5) is 0. The van der Waals surface area contributed by atoms with Crippen LogP contribution in [0.15, 0.2) is 0 Å². The minimum absolute atomic E-state index is 0.0582. The average molecular weight is 202 g/mol. The van der Waals surface area contributed by atoms with Crippen LogP contribution in [0, 0.1) is 5.92 Å². The summed E-state index contributed by atoms with van der Waals surface area (Å²) in [5.74, 6) is 0.0765. The van der Waals surface area contributed by atoms with E-state index in [1.54, 1.807) is 0 Å². The summed E-state index contributed by atoms with van der Waals surface area (Å²) in [6.07, 6.45) is -0.716. The zero-order valence-electron chi connectivity index (χ0n) is 8.90. The van der Waals surface area contributed by atoms with Crippen LogP contribution in [0.5, 0.6) is 0 Å². The first-order valence-electron chi connectivity index (χ1n) is 5.13. The van der Waals surface area contributed by atoms with Crippen molar-refractivity contribution in [1.29, 1.82) is 0 Å². The van der Waals surface area contributed by atoms with Crippen molar-refractivity contribution >= 4 is 0 Å². The van der Waals surface area contributed by atoms with E-state index in [2.05, 4.69) is 0 Å². The highest BCUT2D eigenvalue weighted by atomic mass is 16.7. The van der Waals surface area contributed by atoms with Gasteiger partial charge in [0.05, 0.1) is 19.3 Å². The SMILES string of the molecule is CC1OCC2OCC(O)C(C)C2(C)O1. The molecule has 82 valence electrons. The Kier molecular flexibility index (Phi) is 2.55. The van der Waals surface area contributed by atoms with Gasteiger partial charge in [0.1, 0.15) is 11.7 Å². The monoisotopic (exact) mass is 202 g/mol. The number of fused-ring (bicyclic) bond motifs is 1. The molecular weight excluding hydrogens is 184 g/mol. The molecule has 2 aliphatic rings. The third-order valence-corrected chi connectivity index (χ3v) is 3.49. The molecule has 2 rings (SSSR count). The maximum Gasteiger partial charge on any atom is 0.155 e. The molecule has 2 heterocycles. The maximum atomic E-state index is 9.72. The van der Waals surface area contributed by atoms with Gasteiger partial charge in [-0.2, -0.15) is 0 Å². The number of ether oxygens (including phenoxy) is 3. The van der Waals surface area contributed by atoms with Gasteiger partial charge in [-0.25, -0.2) is 0 Å². The molecule has 0 aromatic carbocycles. The van der Waals surface area contributed by atoms with Crippen LogP contribution < -0.4 is 0 Å². The minimum atomic E-state index is -0.443. The van der Waals surface area contributed by atoms with Crippen LogP contribution in [0.25, 0.3) is 0 Å². The van der Waals surface area contributed by atoms with Crippen LogP contribution in [0.4, 0.5) is 0 Å². The van der Waals surface area contributed by atoms with Gasteiger partial charge in [-0.05, 0) is 13.8 Å². The third kappa shape index (κ3) is 1.46. The molecule has 4 nitrogen and oxygen atoms in total. The summed E-state index contributed by atoms with van der Waals surface area (Å²) in [5, 5.41) is 9.72. The van der Waals surface area contributed by atoms with Gasteiger partial charge in [-0.15, -0.1) is 0 Å². The molecule has 1 N–H and O–H groups in total. The van der Waals surface area contributed by atoms with E-state index >= 15 is 0 Å². The van der Waals surface area contributed by atoms with Gasteiger partial charge in [0.25, 0.3) is 0 Å². The van der Waals surface area contributed by atoms with E-state index < -0.39 is 11.7 Å². The smallest absolute Gasteiger partial charge is 0.155 e. The van der Waals surface area contributed by atoms with Crippen molar-refractivity contribution in [2.75, 3.05) is 13.2 Å². The predicted molar refractivity (Wildman–Crippen MR) is 49.8 cm³/mol. The van der Waals surface area contributed by atoms with E-state index in [1.165, 1.54) is 0 Å². The van der Waals surface area contributed by atoms with Crippen molar-refractivity contribution in [3.05, 3.63) is 0 Å². The van der Waals surface area contributed by atoms with Gasteiger partial charge in [-0.1, -0.05) is 6.92 Å². The Bertz CT molecular complexity index is 214. The summed E-state index contributed by atoms with van der Waals surface area (Å²) in [5.41, 5.74) is -0.421. The van der Waals surface area contributed by atoms with E-state index in [-0.39, 0.29) is 18.3 Å². The number of hydrogen-bond donors (Lipinski definition) is 1. The van der Waals surface area contributed by atoms with Crippen molar-refractivity contribution in [3.8, 4) is 0 Å². The van der Waals surface area contributed by atoms with Crippen LogP contribution >= 0.6 is 0 Å². The van der Waals surface area contributed by atoms with Gasteiger partial charge in [-0.3, -0.25) is 0 Å². The molecule has 0 aliphatic carbocycles. The fourth-order valence-electron chi connectivity index (χ4n) is 2.21. The molecule has 5 unspecified atom stereocenters. The molecule has 4 heteroatoms. The lowest BCUT2D eigenvalue weighted by atomic mass is 9.79. The maximum absolute atomic E-state index is 9.72. The summed E-state index contributed by atoms with van der Waals surface area (Å²) < 4.78 is 16.6. The Morgan fingerprint density at radius 2 is 1.93 bits per heavy atom. The highest BCUT2D eigenvalue weighted by Gasteiger charge is 2.51. The van der Waals surface area contributed by atoms with Crippen molar-refractivity contribution in [2.45, 2.75) is 44.9 Å². The van der Waals surface area contributed by atoms with Gasteiger partial charge in [0.15, 0.2) is 6.29 Å². The lowest BCUT2D eigenvalue weighted by Crippen LogP contribution is -2.63. The number of hydrogen-bond acceptors (Lipinski definition) is 4. The molecule has 0 aromatic rings. The molecule has 0 saturated carbocycles. The molecule has 2 fully saturated rings. The lowest BCUT2D eigenvalue weighted by molar-refractivity contribution is -0.335. The number of aliphatic hydroxyl groups is 1. The van der Waals surface area contributed by atoms with Crippen molar-refractivity contribution in [3.63, 3.8) is 0 Å². The van der Waals surface area contributed by atoms with E-state index in [0.717, 1.165) is 0 Å². The minimum Gasteiger partial charge on any atom is -0.390 e. The predicted octanol–water partition coefficient (Wildman–Crippen LogP) is 0.534. The van der Waals surface area contributed by atoms with E-state index in [0.29, 0.717) is 13.2 Å². The summed E-state index contributed by atoms with van der Waals surface area (Å²) in [6.45, 7) is 6.79. The first-order valence-corrected chi connectivity index (χ1v) is 5.13. The summed E-state index contributed by atoms with van der Waals surface area (Å²) in [7, 11) is 0. The zero-order chi connectivity index (χ0) is 10.3. The Balaban J connectivity index is 2.18. The van der Waals surface area contributed by atoms with E-state index in [4.69, 9.17) is 14.2 Å². The standard InChI is InChI=1S/C10H18O4/c1-6-8(11)4-13-9-5-12-7(2)14-10(6,9)3/h6-9,11H,4-5H2,1-3H3. The molecular formula is C10H18O4. The largest absolute Gasteiger partial charge is 0.390 e. The van der Waals surface area contributed by atoms with Crippen LogP contribution in [0.1, 0.15) is 20.8 Å². The summed E-state index contributed by atoms with van der Waals surface area (Å²) >= 11 is 0. The number of rotatable bonds is 0. The Morgan fingerprint density at radius 3 is 2.64 bits per heavy atom. The molecule has 0 spiro atoms. The first kappa shape index (κ1) is 10.4. The van der Waals surface area contributed by atoms with Crippen molar-refractivity contribution < 1.29 is 19.3 Å². The fourth-order valence-corrected chi connectivity index (χ4v) is 2.21. The first-order chi connectivity index (χ1) is 6.54. The molecule has 0 amide bonds. The van der Waals surface area contributed by atoms with Crippen LogP contribution in [0.2, 0.25) is 0 Å². The zero-order valence-corrected chi connectivity index (χ0v) is 8.90.